The maximum atomic E-state index is 4.78. The number of hydrogen-bond donors (Lipinski definition) is 2. The van der Waals surface area contributed by atoms with Gasteiger partial charge < -0.3 is 10.6 Å². The van der Waals surface area contributed by atoms with Gasteiger partial charge in [0.05, 0.1) is 11.4 Å². The highest BCUT2D eigenvalue weighted by atomic mass is 79.9. The predicted molar refractivity (Wildman–Crippen MR) is 102 cm³/mol. The van der Waals surface area contributed by atoms with Crippen LogP contribution in [0.1, 0.15) is 56.6 Å². The molecular weight excluding hydrogens is 364 g/mol. The summed E-state index contributed by atoms with van der Waals surface area (Å²) >= 11 is 3.59. The van der Waals surface area contributed by atoms with E-state index < -0.39 is 0 Å². The smallest absolute Gasteiger partial charge is 0.225 e. The van der Waals surface area contributed by atoms with Crippen molar-refractivity contribution in [3.63, 3.8) is 0 Å². The normalized spacial score (nSPS) is 18.4. The molecule has 0 saturated heterocycles. The summed E-state index contributed by atoms with van der Waals surface area (Å²) < 4.78 is 1.04. The number of para-hydroxylation sites is 1. The zero-order valence-corrected chi connectivity index (χ0v) is 15.3. The highest BCUT2D eigenvalue weighted by Gasteiger charge is 2.26. The second kappa shape index (κ2) is 7.09. The molecule has 2 aliphatic carbocycles. The van der Waals surface area contributed by atoms with E-state index in [2.05, 4.69) is 38.7 Å². The molecule has 1 aromatic heterocycles. The molecule has 24 heavy (non-hydrogen) atoms. The number of nitrogens with one attached hydrogen (secondary N) is 2. The van der Waals surface area contributed by atoms with Crippen molar-refractivity contribution in [3.8, 4) is 0 Å². The minimum atomic E-state index is 0.518. The van der Waals surface area contributed by atoms with Crippen LogP contribution in [-0.2, 0) is 0 Å². The van der Waals surface area contributed by atoms with Crippen LogP contribution in [0.15, 0.2) is 34.8 Å². The van der Waals surface area contributed by atoms with E-state index in [1.807, 2.05) is 18.2 Å². The van der Waals surface area contributed by atoms with Crippen molar-refractivity contribution in [2.75, 3.05) is 10.6 Å². The van der Waals surface area contributed by atoms with Gasteiger partial charge >= 0.3 is 0 Å². The first-order valence-electron chi connectivity index (χ1n) is 8.95. The van der Waals surface area contributed by atoms with E-state index in [0.29, 0.717) is 12.0 Å². The Labute approximate surface area is 151 Å². The lowest BCUT2D eigenvalue weighted by atomic mass is 9.96. The van der Waals surface area contributed by atoms with Gasteiger partial charge in [0.25, 0.3) is 0 Å². The van der Waals surface area contributed by atoms with Crippen LogP contribution in [0, 0.1) is 0 Å². The molecule has 1 aromatic carbocycles. The highest BCUT2D eigenvalue weighted by molar-refractivity contribution is 9.10. The Kier molecular flexibility index (Phi) is 4.69. The van der Waals surface area contributed by atoms with Gasteiger partial charge in [-0.2, -0.15) is 4.98 Å². The molecule has 1 heterocycles. The van der Waals surface area contributed by atoms with E-state index in [0.717, 1.165) is 27.6 Å². The van der Waals surface area contributed by atoms with Gasteiger partial charge in [-0.15, -0.1) is 0 Å². The van der Waals surface area contributed by atoms with E-state index in [1.165, 1.54) is 44.9 Å². The Morgan fingerprint density at radius 1 is 0.958 bits per heavy atom. The number of anilines is 3. The molecule has 126 valence electrons. The van der Waals surface area contributed by atoms with Crippen molar-refractivity contribution in [1.82, 2.24) is 9.97 Å². The molecule has 0 aliphatic heterocycles. The van der Waals surface area contributed by atoms with Crippen LogP contribution in [0.5, 0.6) is 0 Å². The molecule has 2 aliphatic rings. The number of benzene rings is 1. The summed E-state index contributed by atoms with van der Waals surface area (Å²) in [5.74, 6) is 2.26. The number of rotatable bonds is 5. The van der Waals surface area contributed by atoms with Crippen molar-refractivity contribution in [3.05, 3.63) is 40.5 Å². The minimum Gasteiger partial charge on any atom is -0.351 e. The van der Waals surface area contributed by atoms with Crippen LogP contribution < -0.4 is 10.6 Å². The van der Waals surface area contributed by atoms with Gasteiger partial charge in [-0.3, -0.25) is 0 Å². The summed E-state index contributed by atoms with van der Waals surface area (Å²) in [7, 11) is 0. The molecule has 5 heteroatoms. The van der Waals surface area contributed by atoms with Crippen molar-refractivity contribution in [1.29, 1.82) is 0 Å². The molecule has 2 aromatic rings. The summed E-state index contributed by atoms with van der Waals surface area (Å²) in [5.41, 5.74) is 2.19. The van der Waals surface area contributed by atoms with Crippen molar-refractivity contribution >= 4 is 33.4 Å². The van der Waals surface area contributed by atoms with Gasteiger partial charge in [-0.1, -0.05) is 31.4 Å². The molecule has 0 atom stereocenters. The summed E-state index contributed by atoms with van der Waals surface area (Å²) in [5, 5.41) is 7.01. The fourth-order valence-electron chi connectivity index (χ4n) is 3.31. The van der Waals surface area contributed by atoms with Crippen LogP contribution in [0.3, 0.4) is 0 Å². The van der Waals surface area contributed by atoms with Gasteiger partial charge in [-0.05, 0) is 53.7 Å². The summed E-state index contributed by atoms with van der Waals surface area (Å²) in [6, 6.07) is 10.7. The molecule has 4 rings (SSSR count). The Bertz CT molecular complexity index is 708. The molecule has 4 nitrogen and oxygen atoms in total. The third-order valence-electron chi connectivity index (χ3n) is 4.82. The lowest BCUT2D eigenvalue weighted by Gasteiger charge is -2.23. The molecule has 2 fully saturated rings. The Hall–Kier alpha value is -1.62. The van der Waals surface area contributed by atoms with E-state index in [4.69, 9.17) is 9.97 Å². The molecule has 2 saturated carbocycles. The molecular formula is C19H23BrN4. The number of aromatic nitrogens is 2. The van der Waals surface area contributed by atoms with Gasteiger partial charge in [0.15, 0.2) is 0 Å². The lowest BCUT2D eigenvalue weighted by Crippen LogP contribution is -2.23. The van der Waals surface area contributed by atoms with E-state index >= 15 is 0 Å². The van der Waals surface area contributed by atoms with Crippen LogP contribution in [0.2, 0.25) is 0 Å². The minimum absolute atomic E-state index is 0.518. The van der Waals surface area contributed by atoms with Crippen molar-refractivity contribution < 1.29 is 0 Å². The van der Waals surface area contributed by atoms with Crippen LogP contribution in [-0.4, -0.2) is 16.0 Å². The average Bonchev–Trinajstić information content (AvgIpc) is 3.43. The molecule has 2 N–H and O–H groups in total. The summed E-state index contributed by atoms with van der Waals surface area (Å²) in [6.07, 6.45) is 8.91. The largest absolute Gasteiger partial charge is 0.351 e. The van der Waals surface area contributed by atoms with Gasteiger partial charge in [0, 0.05) is 22.5 Å². The molecule has 0 unspecified atom stereocenters. The first-order chi connectivity index (χ1) is 11.8. The topological polar surface area (TPSA) is 49.8 Å². The first kappa shape index (κ1) is 15.9. The third-order valence-corrected chi connectivity index (χ3v) is 5.51. The SMILES string of the molecule is Brc1ccccc1Nc1cc(C2CC2)nc(NC2CCCCC2)n1. The lowest BCUT2D eigenvalue weighted by molar-refractivity contribution is 0.460. The van der Waals surface area contributed by atoms with Gasteiger partial charge in [0.2, 0.25) is 5.95 Å². The van der Waals surface area contributed by atoms with Crippen molar-refractivity contribution in [2.24, 2.45) is 0 Å². The summed E-state index contributed by atoms with van der Waals surface area (Å²) in [4.78, 5) is 9.50. The Balaban J connectivity index is 1.57. The number of nitrogens with zero attached hydrogens (tertiary/aromatic N) is 2. The predicted octanol–water partition coefficient (Wildman–Crippen LogP) is 5.60. The van der Waals surface area contributed by atoms with Crippen LogP contribution >= 0.6 is 15.9 Å². The van der Waals surface area contributed by atoms with Crippen molar-refractivity contribution in [2.45, 2.75) is 56.9 Å². The number of hydrogen-bond acceptors (Lipinski definition) is 4. The second-order valence-electron chi connectivity index (χ2n) is 6.86. The molecule has 0 bridgehead atoms. The number of halogens is 1. The highest BCUT2D eigenvalue weighted by Crippen LogP contribution is 2.40. The maximum Gasteiger partial charge on any atom is 0.225 e. The summed E-state index contributed by atoms with van der Waals surface area (Å²) in [6.45, 7) is 0. The Morgan fingerprint density at radius 3 is 2.50 bits per heavy atom. The fraction of sp³-hybridized carbons (Fsp3) is 0.474. The third kappa shape index (κ3) is 3.89. The van der Waals surface area contributed by atoms with Gasteiger partial charge in [0.1, 0.15) is 5.82 Å². The van der Waals surface area contributed by atoms with Crippen LogP contribution in [0.25, 0.3) is 0 Å². The van der Waals surface area contributed by atoms with E-state index in [9.17, 15) is 0 Å². The quantitative estimate of drug-likeness (QED) is 0.701. The van der Waals surface area contributed by atoms with Gasteiger partial charge in [-0.25, -0.2) is 4.98 Å². The second-order valence-corrected chi connectivity index (χ2v) is 7.71. The zero-order chi connectivity index (χ0) is 16.4. The first-order valence-corrected chi connectivity index (χ1v) is 9.74. The van der Waals surface area contributed by atoms with E-state index in [1.54, 1.807) is 0 Å². The molecule has 0 amide bonds. The monoisotopic (exact) mass is 386 g/mol. The zero-order valence-electron chi connectivity index (χ0n) is 13.8. The average molecular weight is 387 g/mol. The standard InChI is InChI=1S/C19H23BrN4/c20-15-8-4-5-9-16(15)22-18-12-17(13-10-11-13)23-19(24-18)21-14-6-2-1-3-7-14/h4-5,8-9,12-14H,1-3,6-7,10-11H2,(H2,21,22,23,24). The molecule has 0 spiro atoms. The Morgan fingerprint density at radius 2 is 1.75 bits per heavy atom. The maximum absolute atomic E-state index is 4.78. The van der Waals surface area contributed by atoms with Crippen LogP contribution in [0.4, 0.5) is 17.5 Å². The fourth-order valence-corrected chi connectivity index (χ4v) is 3.70. The molecule has 0 radical (unpaired) electrons. The van der Waals surface area contributed by atoms with E-state index in [-0.39, 0.29) is 0 Å².